The quantitative estimate of drug-likeness (QED) is 0.627. The Labute approximate surface area is 128 Å². The van der Waals surface area contributed by atoms with Gasteiger partial charge in [0.05, 0.1) is 5.69 Å². The molecule has 0 aliphatic heterocycles. The van der Waals surface area contributed by atoms with Crippen molar-refractivity contribution in [1.29, 1.82) is 0 Å². The molecule has 0 fully saturated rings. The van der Waals surface area contributed by atoms with Crippen molar-refractivity contribution in [2.45, 2.75) is 33.4 Å². The molecule has 0 saturated carbocycles. The fourth-order valence-corrected chi connectivity index (χ4v) is 2.85. The summed E-state index contributed by atoms with van der Waals surface area (Å²) in [5, 5.41) is 0. The van der Waals surface area contributed by atoms with Crippen LogP contribution in [0.15, 0.2) is 29.4 Å². The maximum absolute atomic E-state index is 5.96. The molecule has 4 nitrogen and oxygen atoms in total. The predicted octanol–water partition coefficient (Wildman–Crippen LogP) is 3.34. The Bertz CT molecular complexity index is 647. The lowest BCUT2D eigenvalue weighted by Gasteiger charge is -2.12. The Hall–Kier alpha value is -1.88. The van der Waals surface area contributed by atoms with Crippen molar-refractivity contribution in [3.8, 4) is 5.75 Å². The van der Waals surface area contributed by atoms with Crippen LogP contribution in [-0.2, 0) is 13.5 Å². The highest BCUT2D eigenvalue weighted by Crippen LogP contribution is 2.28. The summed E-state index contributed by atoms with van der Waals surface area (Å²) in [5.74, 6) is 1.91. The molecule has 0 atom stereocenters. The summed E-state index contributed by atoms with van der Waals surface area (Å²) < 4.78 is 8.00. The van der Waals surface area contributed by atoms with E-state index in [4.69, 9.17) is 4.43 Å². The van der Waals surface area contributed by atoms with E-state index in [1.54, 1.807) is 0 Å². The van der Waals surface area contributed by atoms with E-state index < -0.39 is 9.04 Å². The second kappa shape index (κ2) is 6.71. The lowest BCUT2D eigenvalue weighted by atomic mass is 10.2. The first kappa shape index (κ1) is 15.5. The maximum Gasteiger partial charge on any atom is 0.229 e. The minimum absolute atomic E-state index is 0.719. The standard InChI is InChI=1S/C16H23N3OSi/c1-12-6-7-14(15(10-12)20-21(4)5)17-9-8-16-18-13(2)11-19(16)3/h6-7,9-11,21H,8H2,1-5H3. The molecule has 1 aromatic heterocycles. The fraction of sp³-hybridized carbons (Fsp3) is 0.375. The van der Waals surface area contributed by atoms with Crippen LogP contribution < -0.4 is 4.43 Å². The number of aromatic nitrogens is 2. The van der Waals surface area contributed by atoms with E-state index in [2.05, 4.69) is 42.1 Å². The summed E-state index contributed by atoms with van der Waals surface area (Å²) in [6.07, 6.45) is 4.64. The zero-order valence-corrected chi connectivity index (χ0v) is 14.6. The van der Waals surface area contributed by atoms with Gasteiger partial charge in [0.2, 0.25) is 9.04 Å². The van der Waals surface area contributed by atoms with Gasteiger partial charge in [0.15, 0.2) is 0 Å². The van der Waals surface area contributed by atoms with E-state index >= 15 is 0 Å². The zero-order chi connectivity index (χ0) is 15.4. The number of aliphatic imine (C=N–C) groups is 1. The van der Waals surface area contributed by atoms with Crippen LogP contribution in [0.3, 0.4) is 0 Å². The Morgan fingerprint density at radius 1 is 1.33 bits per heavy atom. The molecule has 1 aromatic carbocycles. The lowest BCUT2D eigenvalue weighted by molar-refractivity contribution is 0.581. The van der Waals surface area contributed by atoms with Gasteiger partial charge in [-0.05, 0) is 44.6 Å². The minimum atomic E-state index is -1.13. The maximum atomic E-state index is 5.96. The van der Waals surface area contributed by atoms with Crippen LogP contribution in [0.2, 0.25) is 13.1 Å². The van der Waals surface area contributed by atoms with E-state index in [1.807, 2.05) is 37.0 Å². The normalized spacial score (nSPS) is 11.5. The number of nitrogens with zero attached hydrogens (tertiary/aromatic N) is 3. The van der Waals surface area contributed by atoms with E-state index in [0.29, 0.717) is 0 Å². The van der Waals surface area contributed by atoms with Crippen LogP contribution in [0.25, 0.3) is 0 Å². The molecule has 0 saturated heterocycles. The average Bonchev–Trinajstić information content (AvgIpc) is 2.70. The van der Waals surface area contributed by atoms with Gasteiger partial charge >= 0.3 is 0 Å². The molecule has 2 rings (SSSR count). The van der Waals surface area contributed by atoms with Gasteiger partial charge in [0.1, 0.15) is 17.3 Å². The molecule has 21 heavy (non-hydrogen) atoms. The summed E-state index contributed by atoms with van der Waals surface area (Å²) in [7, 11) is 0.874. The highest BCUT2D eigenvalue weighted by atomic mass is 28.3. The molecule has 0 aliphatic rings. The number of benzene rings is 1. The SMILES string of the molecule is Cc1ccc(N=CCc2nc(C)cn2C)c(O[SiH](C)C)c1. The van der Waals surface area contributed by atoms with Crippen LogP contribution in [0, 0.1) is 13.8 Å². The predicted molar refractivity (Wildman–Crippen MR) is 90.5 cm³/mol. The molecule has 112 valence electrons. The number of hydrogen-bond acceptors (Lipinski definition) is 3. The molecule has 1 heterocycles. The summed E-state index contributed by atoms with van der Waals surface area (Å²) in [5.41, 5.74) is 3.12. The molecule has 0 spiro atoms. The highest BCUT2D eigenvalue weighted by Gasteiger charge is 2.06. The summed E-state index contributed by atoms with van der Waals surface area (Å²) in [6, 6.07) is 6.14. The molecule has 0 bridgehead atoms. The minimum Gasteiger partial charge on any atom is -0.546 e. The first-order valence-electron chi connectivity index (χ1n) is 7.24. The molecule has 0 radical (unpaired) electrons. The third-order valence-corrected chi connectivity index (χ3v) is 3.80. The van der Waals surface area contributed by atoms with Crippen LogP contribution in [0.5, 0.6) is 5.75 Å². The van der Waals surface area contributed by atoms with E-state index in [-0.39, 0.29) is 0 Å². The van der Waals surface area contributed by atoms with Crippen LogP contribution in [0.1, 0.15) is 17.1 Å². The van der Waals surface area contributed by atoms with Gasteiger partial charge in [0.25, 0.3) is 0 Å². The molecule has 0 unspecified atom stereocenters. The van der Waals surface area contributed by atoms with E-state index in [0.717, 1.165) is 29.4 Å². The second-order valence-electron chi connectivity index (χ2n) is 5.56. The Balaban J connectivity index is 2.15. The average molecular weight is 301 g/mol. The largest absolute Gasteiger partial charge is 0.546 e. The smallest absolute Gasteiger partial charge is 0.229 e. The number of aryl methyl sites for hydroxylation is 3. The van der Waals surface area contributed by atoms with E-state index in [1.165, 1.54) is 5.56 Å². The monoisotopic (exact) mass is 301 g/mol. The van der Waals surface area contributed by atoms with Crippen LogP contribution >= 0.6 is 0 Å². The van der Waals surface area contributed by atoms with Crippen molar-refractivity contribution >= 4 is 20.9 Å². The van der Waals surface area contributed by atoms with E-state index in [9.17, 15) is 0 Å². The van der Waals surface area contributed by atoms with Gasteiger partial charge in [-0.2, -0.15) is 0 Å². The van der Waals surface area contributed by atoms with Crippen molar-refractivity contribution in [1.82, 2.24) is 9.55 Å². The van der Waals surface area contributed by atoms with Crippen molar-refractivity contribution in [3.05, 3.63) is 41.5 Å². The van der Waals surface area contributed by atoms with Crippen molar-refractivity contribution < 1.29 is 4.43 Å². The van der Waals surface area contributed by atoms with Gasteiger partial charge in [-0.25, -0.2) is 4.98 Å². The van der Waals surface area contributed by atoms with Crippen molar-refractivity contribution in [2.24, 2.45) is 12.0 Å². The summed E-state index contributed by atoms with van der Waals surface area (Å²) >= 11 is 0. The first-order chi connectivity index (χ1) is 9.95. The first-order valence-corrected chi connectivity index (χ1v) is 10.0. The van der Waals surface area contributed by atoms with Gasteiger partial charge < -0.3 is 8.99 Å². The number of rotatable bonds is 5. The molecule has 2 aromatic rings. The van der Waals surface area contributed by atoms with Gasteiger partial charge in [-0.15, -0.1) is 0 Å². The lowest BCUT2D eigenvalue weighted by Crippen LogP contribution is -2.11. The molecular formula is C16H23N3OSi. The molecular weight excluding hydrogens is 278 g/mol. The van der Waals surface area contributed by atoms with Gasteiger partial charge in [-0.3, -0.25) is 4.99 Å². The zero-order valence-electron chi connectivity index (χ0n) is 13.4. The molecule has 0 N–H and O–H groups in total. The van der Waals surface area contributed by atoms with Gasteiger partial charge in [0, 0.05) is 25.9 Å². The third kappa shape index (κ3) is 4.29. The Morgan fingerprint density at radius 2 is 2.10 bits per heavy atom. The summed E-state index contributed by atoms with van der Waals surface area (Å²) in [4.78, 5) is 9.04. The molecule has 5 heteroatoms. The van der Waals surface area contributed by atoms with Crippen molar-refractivity contribution in [3.63, 3.8) is 0 Å². The second-order valence-corrected chi connectivity index (χ2v) is 7.90. The topological polar surface area (TPSA) is 39.4 Å². The molecule has 0 amide bonds. The van der Waals surface area contributed by atoms with Crippen LogP contribution in [0.4, 0.5) is 5.69 Å². The van der Waals surface area contributed by atoms with Gasteiger partial charge in [-0.1, -0.05) is 6.07 Å². The van der Waals surface area contributed by atoms with Crippen molar-refractivity contribution in [2.75, 3.05) is 0 Å². The number of imidazole rings is 1. The third-order valence-electron chi connectivity index (χ3n) is 3.08. The van der Waals surface area contributed by atoms with Crippen LogP contribution in [-0.4, -0.2) is 24.8 Å². The summed E-state index contributed by atoms with van der Waals surface area (Å²) in [6.45, 7) is 8.39. The number of hydrogen-bond donors (Lipinski definition) is 0. The Morgan fingerprint density at radius 3 is 2.71 bits per heavy atom. The molecule has 0 aliphatic carbocycles. The highest BCUT2D eigenvalue weighted by molar-refractivity contribution is 6.49. The fourth-order valence-electron chi connectivity index (χ4n) is 2.16. The Kier molecular flexibility index (Phi) is 4.96.